The summed E-state index contributed by atoms with van der Waals surface area (Å²) in [5.74, 6) is -0.0808. The van der Waals surface area contributed by atoms with Gasteiger partial charge < -0.3 is 10.1 Å². The molecule has 0 aliphatic rings. The molecule has 9 heteroatoms. The molecule has 0 spiro atoms. The summed E-state index contributed by atoms with van der Waals surface area (Å²) in [6.07, 6.45) is 0. The van der Waals surface area contributed by atoms with Crippen molar-refractivity contribution in [1.29, 1.82) is 0 Å². The highest BCUT2D eigenvalue weighted by Crippen LogP contribution is 2.38. The third kappa shape index (κ3) is 3.60. The van der Waals surface area contributed by atoms with E-state index in [9.17, 15) is 13.2 Å². The number of rotatable bonds is 5. The molecule has 0 bridgehead atoms. The Morgan fingerprint density at radius 1 is 1.21 bits per heavy atom. The Bertz CT molecular complexity index is 1170. The molecule has 3 rings (SSSR count). The normalized spacial score (nSPS) is 11.8. The van der Waals surface area contributed by atoms with Gasteiger partial charge in [-0.05, 0) is 36.8 Å². The SMILES string of the molecule is COc1ccc(S(=O)(=O)N(C)C)cc1NC(=O)c1sc2cccc(C)c2c1Cl. The quantitative estimate of drug-likeness (QED) is 0.641. The second-order valence-corrected chi connectivity index (χ2v) is 9.88. The number of carbonyl (C=O) groups excluding carboxylic acids is 1. The number of aryl methyl sites for hydroxylation is 1. The molecule has 2 aromatic carbocycles. The number of carbonyl (C=O) groups is 1. The molecule has 148 valence electrons. The zero-order valence-corrected chi connectivity index (χ0v) is 18.1. The standard InChI is InChI=1S/C19H19ClN2O4S2/c1-11-6-5-7-15-16(11)17(20)18(27-15)19(23)21-13-10-12(8-9-14(13)26-4)28(24,25)22(2)3/h5-10H,1-4H3,(H,21,23). The summed E-state index contributed by atoms with van der Waals surface area (Å²) < 4.78 is 32.1. The highest BCUT2D eigenvalue weighted by atomic mass is 35.5. The predicted molar refractivity (Wildman–Crippen MR) is 113 cm³/mol. The molecule has 0 aliphatic carbocycles. The smallest absolute Gasteiger partial charge is 0.267 e. The summed E-state index contributed by atoms with van der Waals surface area (Å²) in [4.78, 5) is 13.3. The number of thiophene rings is 1. The maximum Gasteiger partial charge on any atom is 0.267 e. The molecule has 1 aromatic heterocycles. The van der Waals surface area contributed by atoms with Gasteiger partial charge in [-0.2, -0.15) is 0 Å². The number of sulfonamides is 1. The summed E-state index contributed by atoms with van der Waals surface area (Å²) >= 11 is 7.74. The minimum Gasteiger partial charge on any atom is -0.495 e. The topological polar surface area (TPSA) is 75.7 Å². The average molecular weight is 439 g/mol. The Labute approximate surface area is 172 Å². The zero-order valence-electron chi connectivity index (χ0n) is 15.7. The molecule has 0 radical (unpaired) electrons. The van der Waals surface area contributed by atoms with Crippen LogP contribution in [-0.4, -0.2) is 39.8 Å². The number of fused-ring (bicyclic) bond motifs is 1. The molecular formula is C19H19ClN2O4S2. The van der Waals surface area contributed by atoms with Crippen LogP contribution in [0.1, 0.15) is 15.2 Å². The maximum absolute atomic E-state index is 12.9. The van der Waals surface area contributed by atoms with Crippen LogP contribution in [0.2, 0.25) is 5.02 Å². The molecule has 1 N–H and O–H groups in total. The first-order valence-corrected chi connectivity index (χ1v) is 10.9. The lowest BCUT2D eigenvalue weighted by molar-refractivity contribution is 0.103. The number of anilines is 1. The van der Waals surface area contributed by atoms with Crippen molar-refractivity contribution >= 4 is 54.6 Å². The Morgan fingerprint density at radius 3 is 2.54 bits per heavy atom. The third-order valence-corrected chi connectivity index (χ3v) is 7.72. The van der Waals surface area contributed by atoms with Gasteiger partial charge in [-0.15, -0.1) is 11.3 Å². The van der Waals surface area contributed by atoms with Crippen LogP contribution in [0.15, 0.2) is 41.3 Å². The molecular weight excluding hydrogens is 420 g/mol. The van der Waals surface area contributed by atoms with Gasteiger partial charge in [-0.1, -0.05) is 23.7 Å². The number of hydrogen-bond donors (Lipinski definition) is 1. The van der Waals surface area contributed by atoms with E-state index in [4.69, 9.17) is 16.3 Å². The van der Waals surface area contributed by atoms with E-state index in [1.54, 1.807) is 0 Å². The molecule has 28 heavy (non-hydrogen) atoms. The monoisotopic (exact) mass is 438 g/mol. The first-order valence-electron chi connectivity index (χ1n) is 8.26. The van der Waals surface area contributed by atoms with Crippen molar-refractivity contribution in [2.75, 3.05) is 26.5 Å². The van der Waals surface area contributed by atoms with E-state index in [-0.39, 0.29) is 10.6 Å². The van der Waals surface area contributed by atoms with E-state index in [1.165, 1.54) is 50.7 Å². The molecule has 0 aliphatic heterocycles. The Kier molecular flexibility index (Phi) is 5.67. The van der Waals surface area contributed by atoms with Crippen LogP contribution >= 0.6 is 22.9 Å². The molecule has 6 nitrogen and oxygen atoms in total. The Balaban J connectivity index is 2.03. The molecule has 3 aromatic rings. The van der Waals surface area contributed by atoms with E-state index in [1.807, 2.05) is 25.1 Å². The average Bonchev–Trinajstić information content (AvgIpc) is 2.99. The van der Waals surface area contributed by atoms with Crippen LogP contribution < -0.4 is 10.1 Å². The van der Waals surface area contributed by atoms with Crippen LogP contribution in [0.4, 0.5) is 5.69 Å². The van der Waals surface area contributed by atoms with E-state index in [2.05, 4.69) is 5.32 Å². The second-order valence-electron chi connectivity index (χ2n) is 6.30. The van der Waals surface area contributed by atoms with Gasteiger partial charge in [0, 0.05) is 24.2 Å². The fraction of sp³-hybridized carbons (Fsp3) is 0.211. The van der Waals surface area contributed by atoms with E-state index < -0.39 is 15.9 Å². The van der Waals surface area contributed by atoms with Crippen molar-refractivity contribution in [2.45, 2.75) is 11.8 Å². The van der Waals surface area contributed by atoms with Gasteiger partial charge in [0.15, 0.2) is 0 Å². The fourth-order valence-corrected chi connectivity index (χ4v) is 5.26. The van der Waals surface area contributed by atoms with Crippen molar-refractivity contribution in [1.82, 2.24) is 4.31 Å². The number of nitrogens with one attached hydrogen (secondary N) is 1. The maximum atomic E-state index is 12.9. The molecule has 1 amide bonds. The molecule has 0 saturated heterocycles. The van der Waals surface area contributed by atoms with E-state index >= 15 is 0 Å². The zero-order chi connectivity index (χ0) is 20.6. The summed E-state index contributed by atoms with van der Waals surface area (Å²) in [6.45, 7) is 1.93. The van der Waals surface area contributed by atoms with Crippen LogP contribution in [-0.2, 0) is 10.0 Å². The number of benzene rings is 2. The molecule has 0 fully saturated rings. The number of amides is 1. The lowest BCUT2D eigenvalue weighted by Crippen LogP contribution is -2.22. The molecule has 1 heterocycles. The van der Waals surface area contributed by atoms with Gasteiger partial charge in [0.05, 0.1) is 22.7 Å². The first-order chi connectivity index (χ1) is 13.2. The largest absolute Gasteiger partial charge is 0.495 e. The van der Waals surface area contributed by atoms with E-state index in [0.717, 1.165) is 20.0 Å². The van der Waals surface area contributed by atoms with Gasteiger partial charge >= 0.3 is 0 Å². The van der Waals surface area contributed by atoms with Gasteiger partial charge in [0.1, 0.15) is 10.6 Å². The Hall–Kier alpha value is -2.13. The van der Waals surface area contributed by atoms with Crippen molar-refractivity contribution in [3.8, 4) is 5.75 Å². The van der Waals surface area contributed by atoms with Crippen molar-refractivity contribution in [3.63, 3.8) is 0 Å². The van der Waals surface area contributed by atoms with Crippen LogP contribution in [0.3, 0.4) is 0 Å². The van der Waals surface area contributed by atoms with Gasteiger partial charge in [0.25, 0.3) is 5.91 Å². The molecule has 0 saturated carbocycles. The van der Waals surface area contributed by atoms with Gasteiger partial charge in [-0.3, -0.25) is 4.79 Å². The highest BCUT2D eigenvalue weighted by molar-refractivity contribution is 7.89. The number of halogens is 1. The predicted octanol–water partition coefficient (Wildman–Crippen LogP) is 4.37. The van der Waals surface area contributed by atoms with Crippen LogP contribution in [0.5, 0.6) is 5.75 Å². The van der Waals surface area contributed by atoms with Crippen LogP contribution in [0.25, 0.3) is 10.1 Å². The minimum atomic E-state index is -3.66. The van der Waals surface area contributed by atoms with Gasteiger partial charge in [-0.25, -0.2) is 12.7 Å². The number of hydrogen-bond acceptors (Lipinski definition) is 5. The van der Waals surface area contributed by atoms with Crippen molar-refractivity contribution in [2.24, 2.45) is 0 Å². The summed E-state index contributed by atoms with van der Waals surface area (Å²) in [7, 11) is 0.672. The summed E-state index contributed by atoms with van der Waals surface area (Å²) in [5, 5.41) is 3.95. The van der Waals surface area contributed by atoms with Crippen molar-refractivity contribution < 1.29 is 17.9 Å². The number of nitrogens with zero attached hydrogens (tertiary/aromatic N) is 1. The lowest BCUT2D eigenvalue weighted by atomic mass is 10.1. The number of ether oxygens (including phenoxy) is 1. The van der Waals surface area contributed by atoms with Crippen LogP contribution in [0, 0.1) is 6.92 Å². The van der Waals surface area contributed by atoms with Crippen molar-refractivity contribution in [3.05, 3.63) is 51.9 Å². The second kappa shape index (κ2) is 7.71. The molecule has 0 atom stereocenters. The fourth-order valence-electron chi connectivity index (χ4n) is 2.76. The highest BCUT2D eigenvalue weighted by Gasteiger charge is 2.22. The van der Waals surface area contributed by atoms with E-state index in [0.29, 0.717) is 15.6 Å². The van der Waals surface area contributed by atoms with Gasteiger partial charge in [0.2, 0.25) is 10.0 Å². The lowest BCUT2D eigenvalue weighted by Gasteiger charge is -2.15. The number of methoxy groups -OCH3 is 1. The molecule has 0 unspecified atom stereocenters. The summed E-state index contributed by atoms with van der Waals surface area (Å²) in [5.41, 5.74) is 1.23. The first kappa shape index (κ1) is 20.6. The Morgan fingerprint density at radius 2 is 1.93 bits per heavy atom. The summed E-state index contributed by atoms with van der Waals surface area (Å²) in [6, 6.07) is 10.0. The minimum absolute atomic E-state index is 0.0480. The third-order valence-electron chi connectivity index (χ3n) is 4.27.